The van der Waals surface area contributed by atoms with E-state index in [1.807, 2.05) is 0 Å². The minimum atomic E-state index is -3.98. The number of sulfonamides is 2. The van der Waals surface area contributed by atoms with E-state index < -0.39 is 20.0 Å². The number of nitrogens with one attached hydrogen (secondary N) is 2. The van der Waals surface area contributed by atoms with Gasteiger partial charge in [-0.1, -0.05) is 12.1 Å². The third-order valence-electron chi connectivity index (χ3n) is 4.18. The molecule has 4 aromatic rings. The minimum absolute atomic E-state index is 0.0601. The number of thiophene rings is 1. The Bertz CT molecular complexity index is 1500. The zero-order valence-electron chi connectivity index (χ0n) is 15.4. The Morgan fingerprint density at radius 1 is 0.867 bits per heavy atom. The highest BCUT2D eigenvalue weighted by Gasteiger charge is 2.18. The van der Waals surface area contributed by atoms with Crippen molar-refractivity contribution in [2.45, 2.75) is 9.10 Å². The second-order valence-corrected chi connectivity index (χ2v) is 11.9. The van der Waals surface area contributed by atoms with Crippen LogP contribution in [0.4, 0.5) is 11.4 Å². The standard InChI is InChI=1S/C18H15N3O5S4/c1-21-16-8-7-14(11-15(16)18(22)28-21)29(23,24)19-12-4-2-5-13(10-12)20-30(25,26)17-6-3-9-27-17/h2-11,19-20H,1H3. The molecule has 2 aromatic carbocycles. The topological polar surface area (TPSA) is 114 Å². The van der Waals surface area contributed by atoms with Crippen molar-refractivity contribution < 1.29 is 16.8 Å². The Morgan fingerprint density at radius 2 is 1.57 bits per heavy atom. The number of benzene rings is 2. The van der Waals surface area contributed by atoms with Crippen molar-refractivity contribution in [2.24, 2.45) is 7.05 Å². The van der Waals surface area contributed by atoms with Gasteiger partial charge in [-0.3, -0.25) is 18.2 Å². The number of fused-ring (bicyclic) bond motifs is 1. The fourth-order valence-electron chi connectivity index (χ4n) is 2.83. The first-order chi connectivity index (χ1) is 14.2. The Labute approximate surface area is 180 Å². The Morgan fingerprint density at radius 3 is 2.23 bits per heavy atom. The van der Waals surface area contributed by atoms with Crippen LogP contribution < -0.4 is 14.2 Å². The van der Waals surface area contributed by atoms with Crippen molar-refractivity contribution in [3.8, 4) is 0 Å². The van der Waals surface area contributed by atoms with Crippen LogP contribution in [0.25, 0.3) is 10.9 Å². The van der Waals surface area contributed by atoms with Gasteiger partial charge in [0.05, 0.1) is 27.2 Å². The number of aryl methyl sites for hydroxylation is 1. The van der Waals surface area contributed by atoms with E-state index in [4.69, 9.17) is 0 Å². The van der Waals surface area contributed by atoms with Crippen LogP contribution in [0.15, 0.2) is 73.9 Å². The van der Waals surface area contributed by atoms with Crippen molar-refractivity contribution in [2.75, 3.05) is 9.44 Å². The number of rotatable bonds is 6. The van der Waals surface area contributed by atoms with Gasteiger partial charge in [0.1, 0.15) is 4.21 Å². The predicted octanol–water partition coefficient (Wildman–Crippen LogP) is 3.26. The van der Waals surface area contributed by atoms with E-state index in [1.165, 1.54) is 42.5 Å². The van der Waals surface area contributed by atoms with E-state index in [9.17, 15) is 21.6 Å². The molecule has 0 spiro atoms. The summed E-state index contributed by atoms with van der Waals surface area (Å²) in [5.41, 5.74) is 1.04. The second-order valence-electron chi connectivity index (χ2n) is 6.28. The molecule has 0 unspecified atom stereocenters. The zero-order valence-corrected chi connectivity index (χ0v) is 18.7. The third kappa shape index (κ3) is 3.99. The maximum absolute atomic E-state index is 12.8. The van der Waals surface area contributed by atoms with Crippen LogP contribution in [0.2, 0.25) is 0 Å². The van der Waals surface area contributed by atoms with Gasteiger partial charge in [0, 0.05) is 7.05 Å². The number of anilines is 2. The molecule has 0 fully saturated rings. The van der Waals surface area contributed by atoms with Crippen LogP contribution in [-0.4, -0.2) is 20.8 Å². The summed E-state index contributed by atoms with van der Waals surface area (Å²) in [5, 5.41) is 1.97. The molecule has 156 valence electrons. The molecule has 0 saturated carbocycles. The van der Waals surface area contributed by atoms with Gasteiger partial charge in [-0.05, 0) is 59.4 Å². The van der Waals surface area contributed by atoms with Gasteiger partial charge in [0.25, 0.3) is 24.8 Å². The first kappa shape index (κ1) is 20.6. The lowest BCUT2D eigenvalue weighted by atomic mass is 10.2. The van der Waals surface area contributed by atoms with E-state index in [2.05, 4.69) is 9.44 Å². The van der Waals surface area contributed by atoms with Gasteiger partial charge in [0.2, 0.25) is 0 Å². The molecular formula is C18H15N3O5S4. The first-order valence-electron chi connectivity index (χ1n) is 8.45. The van der Waals surface area contributed by atoms with Crippen molar-refractivity contribution in [1.29, 1.82) is 0 Å². The third-order valence-corrected chi connectivity index (χ3v) is 9.20. The number of hydrogen-bond acceptors (Lipinski definition) is 7. The molecule has 4 rings (SSSR count). The Kier molecular flexibility index (Phi) is 5.18. The molecule has 0 aliphatic carbocycles. The van der Waals surface area contributed by atoms with Crippen molar-refractivity contribution in [3.63, 3.8) is 0 Å². The van der Waals surface area contributed by atoms with E-state index in [1.54, 1.807) is 28.5 Å². The van der Waals surface area contributed by atoms with E-state index >= 15 is 0 Å². The molecule has 0 aliphatic heterocycles. The molecule has 2 N–H and O–H groups in total. The number of hydrogen-bond donors (Lipinski definition) is 2. The summed E-state index contributed by atoms with van der Waals surface area (Å²) >= 11 is 2.07. The summed E-state index contributed by atoms with van der Waals surface area (Å²) in [6.45, 7) is 0. The van der Waals surface area contributed by atoms with Crippen LogP contribution in [0.5, 0.6) is 0 Å². The normalized spacial score (nSPS) is 12.2. The van der Waals surface area contributed by atoms with Gasteiger partial charge in [-0.25, -0.2) is 16.8 Å². The smallest absolute Gasteiger partial charge is 0.271 e. The molecule has 12 heteroatoms. The molecule has 2 aromatic heterocycles. The summed E-state index contributed by atoms with van der Waals surface area (Å²) in [7, 11) is -6.01. The molecular weight excluding hydrogens is 466 g/mol. The lowest BCUT2D eigenvalue weighted by Gasteiger charge is -2.11. The Hall–Kier alpha value is -2.67. The molecule has 0 bridgehead atoms. The average Bonchev–Trinajstić information content (AvgIpc) is 3.31. The van der Waals surface area contributed by atoms with Crippen LogP contribution in [0, 0.1) is 0 Å². The lowest BCUT2D eigenvalue weighted by Crippen LogP contribution is -2.14. The van der Waals surface area contributed by atoms with Crippen LogP contribution >= 0.6 is 22.9 Å². The highest BCUT2D eigenvalue weighted by Crippen LogP contribution is 2.25. The minimum Gasteiger partial charge on any atom is -0.297 e. The molecule has 0 atom stereocenters. The average molecular weight is 482 g/mol. The largest absolute Gasteiger partial charge is 0.297 e. The van der Waals surface area contributed by atoms with E-state index in [0.717, 1.165) is 22.9 Å². The molecule has 0 radical (unpaired) electrons. The maximum atomic E-state index is 12.8. The fourth-order valence-corrected chi connectivity index (χ4v) is 6.71. The summed E-state index contributed by atoms with van der Waals surface area (Å²) in [6, 6.07) is 13.4. The van der Waals surface area contributed by atoms with Crippen molar-refractivity contribution in [3.05, 3.63) is 69.5 Å². The predicted molar refractivity (Wildman–Crippen MR) is 119 cm³/mol. The molecule has 0 saturated heterocycles. The van der Waals surface area contributed by atoms with Crippen molar-refractivity contribution in [1.82, 2.24) is 3.96 Å². The Balaban J connectivity index is 1.62. The van der Waals surface area contributed by atoms with Gasteiger partial charge >= 0.3 is 0 Å². The fraction of sp³-hybridized carbons (Fsp3) is 0.0556. The van der Waals surface area contributed by atoms with Crippen LogP contribution in [-0.2, 0) is 27.1 Å². The highest BCUT2D eigenvalue weighted by atomic mass is 32.2. The highest BCUT2D eigenvalue weighted by molar-refractivity contribution is 7.94. The molecule has 2 heterocycles. The summed E-state index contributed by atoms with van der Waals surface area (Å²) in [5.74, 6) is 0. The quantitative estimate of drug-likeness (QED) is 0.439. The monoisotopic (exact) mass is 481 g/mol. The second kappa shape index (κ2) is 7.54. The van der Waals surface area contributed by atoms with Gasteiger partial charge in [-0.2, -0.15) is 0 Å². The maximum Gasteiger partial charge on any atom is 0.271 e. The van der Waals surface area contributed by atoms with Gasteiger partial charge < -0.3 is 0 Å². The molecule has 8 nitrogen and oxygen atoms in total. The summed E-state index contributed by atoms with van der Waals surface area (Å²) < 4.78 is 56.8. The summed E-state index contributed by atoms with van der Waals surface area (Å²) in [4.78, 5) is 12.0. The lowest BCUT2D eigenvalue weighted by molar-refractivity contribution is 0.600. The SMILES string of the molecule is Cn1sc(=O)c2cc(S(=O)(=O)Nc3cccc(NS(=O)(=O)c4cccs4)c3)ccc21. The zero-order chi connectivity index (χ0) is 21.5. The first-order valence-corrected chi connectivity index (χ1v) is 13.1. The number of aromatic nitrogens is 1. The summed E-state index contributed by atoms with van der Waals surface area (Å²) in [6.07, 6.45) is 0. The van der Waals surface area contributed by atoms with Crippen LogP contribution in [0.3, 0.4) is 0 Å². The van der Waals surface area contributed by atoms with Gasteiger partial charge in [-0.15, -0.1) is 11.3 Å². The van der Waals surface area contributed by atoms with Crippen molar-refractivity contribution >= 4 is 65.2 Å². The van der Waals surface area contributed by atoms with Gasteiger partial charge in [0.15, 0.2) is 0 Å². The molecule has 0 aliphatic rings. The van der Waals surface area contributed by atoms with E-state index in [-0.39, 0.29) is 25.2 Å². The van der Waals surface area contributed by atoms with E-state index in [0.29, 0.717) is 10.9 Å². The molecule has 30 heavy (non-hydrogen) atoms. The number of nitrogens with zero attached hydrogens (tertiary/aromatic N) is 1. The van der Waals surface area contributed by atoms with Crippen LogP contribution in [0.1, 0.15) is 0 Å². The molecule has 0 amide bonds.